The van der Waals surface area contributed by atoms with Crippen LogP contribution in [0, 0.1) is 0 Å². The second kappa shape index (κ2) is 14.3. The van der Waals surface area contributed by atoms with E-state index in [1.165, 1.54) is 82.6 Å². The quantitative estimate of drug-likeness (QED) is 0.293. The summed E-state index contributed by atoms with van der Waals surface area (Å²) in [7, 11) is 0. The van der Waals surface area contributed by atoms with Crippen molar-refractivity contribution >= 4 is 0 Å². The lowest BCUT2D eigenvalue weighted by atomic mass is 9.78. The molecule has 0 unspecified atom stereocenters. The Labute approximate surface area is 185 Å². The zero-order chi connectivity index (χ0) is 21.6. The number of aromatic nitrogens is 2. The Hall–Kier alpha value is -1.70. The van der Waals surface area contributed by atoms with Gasteiger partial charge < -0.3 is 0 Å². The number of hydrogen-bond acceptors (Lipinski definition) is 2. The van der Waals surface area contributed by atoms with Gasteiger partial charge in [0.05, 0.1) is 11.4 Å². The predicted molar refractivity (Wildman–Crippen MR) is 131 cm³/mol. The van der Waals surface area contributed by atoms with Crippen LogP contribution >= 0.6 is 0 Å². The highest BCUT2D eigenvalue weighted by molar-refractivity contribution is 5.62. The molecule has 0 spiro atoms. The molecule has 0 amide bonds. The largest absolute Gasteiger partial charge is 0.255 e. The molecule has 0 fully saturated rings. The van der Waals surface area contributed by atoms with E-state index in [0.717, 1.165) is 11.4 Å². The van der Waals surface area contributed by atoms with E-state index in [1.54, 1.807) is 5.56 Å². The van der Waals surface area contributed by atoms with Crippen LogP contribution in [0.5, 0.6) is 0 Å². The summed E-state index contributed by atoms with van der Waals surface area (Å²) >= 11 is 0. The SMILES string of the molecule is CCCCC(CCCC)c1ccnc(-c2ccccn2)c1C(CCCC)CCCC. The van der Waals surface area contributed by atoms with Crippen molar-refractivity contribution in [3.8, 4) is 11.4 Å². The van der Waals surface area contributed by atoms with Crippen LogP contribution in [0.1, 0.15) is 128 Å². The van der Waals surface area contributed by atoms with E-state index in [0.29, 0.717) is 11.8 Å². The van der Waals surface area contributed by atoms with Crippen molar-refractivity contribution in [1.82, 2.24) is 9.97 Å². The van der Waals surface area contributed by atoms with Crippen LogP contribution in [0.15, 0.2) is 36.7 Å². The lowest BCUT2D eigenvalue weighted by Crippen LogP contribution is -2.12. The minimum atomic E-state index is 0.594. The van der Waals surface area contributed by atoms with Crippen molar-refractivity contribution in [1.29, 1.82) is 0 Å². The molecule has 2 rings (SSSR count). The minimum absolute atomic E-state index is 0.594. The molecule has 0 aromatic carbocycles. The standard InChI is InChI=1S/C28H44N2/c1-5-9-15-23(16-10-6-2)25-20-22-30-28(26-19-13-14-21-29-26)27(25)24(17-11-7-3)18-12-8-4/h13-14,19-24H,5-12,15-18H2,1-4H3. The molecule has 166 valence electrons. The summed E-state index contributed by atoms with van der Waals surface area (Å²) in [6, 6.07) is 8.59. The van der Waals surface area contributed by atoms with Gasteiger partial charge in [-0.15, -0.1) is 0 Å². The maximum absolute atomic E-state index is 4.93. The topological polar surface area (TPSA) is 25.8 Å². The maximum Gasteiger partial charge on any atom is 0.0923 e. The maximum atomic E-state index is 4.93. The average Bonchev–Trinajstić information content (AvgIpc) is 2.80. The molecule has 2 aromatic heterocycles. The third-order valence-electron chi connectivity index (χ3n) is 6.40. The van der Waals surface area contributed by atoms with Crippen molar-refractivity contribution < 1.29 is 0 Å². The molecular weight excluding hydrogens is 364 g/mol. The van der Waals surface area contributed by atoms with Gasteiger partial charge in [-0.1, -0.05) is 85.1 Å². The summed E-state index contributed by atoms with van der Waals surface area (Å²) in [6.45, 7) is 9.25. The van der Waals surface area contributed by atoms with Crippen LogP contribution in [-0.4, -0.2) is 9.97 Å². The van der Waals surface area contributed by atoms with Gasteiger partial charge in [0, 0.05) is 12.4 Å². The first-order chi connectivity index (χ1) is 14.8. The van der Waals surface area contributed by atoms with Gasteiger partial charge in [0.25, 0.3) is 0 Å². The molecule has 0 aliphatic heterocycles. The van der Waals surface area contributed by atoms with Crippen molar-refractivity contribution in [3.05, 3.63) is 47.8 Å². The summed E-state index contributed by atoms with van der Waals surface area (Å²) in [6.07, 6.45) is 19.3. The Morgan fingerprint density at radius 3 is 1.70 bits per heavy atom. The molecule has 0 aliphatic carbocycles. The summed E-state index contributed by atoms with van der Waals surface area (Å²) in [5, 5.41) is 0. The van der Waals surface area contributed by atoms with Crippen LogP contribution in [-0.2, 0) is 0 Å². The molecular formula is C28H44N2. The van der Waals surface area contributed by atoms with E-state index in [9.17, 15) is 0 Å². The lowest BCUT2D eigenvalue weighted by molar-refractivity contribution is 0.492. The lowest BCUT2D eigenvalue weighted by Gasteiger charge is -2.27. The number of rotatable bonds is 15. The summed E-state index contributed by atoms with van der Waals surface area (Å²) in [5.74, 6) is 1.24. The Balaban J connectivity index is 2.58. The molecule has 0 saturated carbocycles. The van der Waals surface area contributed by atoms with E-state index in [1.807, 2.05) is 18.5 Å². The predicted octanol–water partition coefficient (Wildman–Crippen LogP) is 9.07. The molecule has 2 aromatic rings. The Bertz CT molecular complexity index is 679. The normalized spacial score (nSPS) is 11.5. The smallest absolute Gasteiger partial charge is 0.0923 e. The second-order valence-electron chi connectivity index (χ2n) is 8.84. The first-order valence-corrected chi connectivity index (χ1v) is 12.7. The van der Waals surface area contributed by atoms with Crippen LogP contribution in [0.3, 0.4) is 0 Å². The second-order valence-corrected chi connectivity index (χ2v) is 8.84. The van der Waals surface area contributed by atoms with Crippen molar-refractivity contribution in [2.45, 2.75) is 117 Å². The molecule has 0 aliphatic rings. The highest BCUT2D eigenvalue weighted by Crippen LogP contribution is 2.41. The van der Waals surface area contributed by atoms with Crippen molar-refractivity contribution in [3.63, 3.8) is 0 Å². The molecule has 0 atom stereocenters. The summed E-state index contributed by atoms with van der Waals surface area (Å²) in [5.41, 5.74) is 5.28. The number of pyridine rings is 2. The first kappa shape index (κ1) is 24.6. The molecule has 0 radical (unpaired) electrons. The van der Waals surface area contributed by atoms with Gasteiger partial charge >= 0.3 is 0 Å². The highest BCUT2D eigenvalue weighted by Gasteiger charge is 2.25. The van der Waals surface area contributed by atoms with E-state index in [4.69, 9.17) is 9.97 Å². The van der Waals surface area contributed by atoms with Crippen LogP contribution in [0.4, 0.5) is 0 Å². The third-order valence-corrected chi connectivity index (χ3v) is 6.40. The van der Waals surface area contributed by atoms with E-state index in [2.05, 4.69) is 45.9 Å². The van der Waals surface area contributed by atoms with E-state index < -0.39 is 0 Å². The van der Waals surface area contributed by atoms with E-state index >= 15 is 0 Å². The number of nitrogens with zero attached hydrogens (tertiary/aromatic N) is 2. The fourth-order valence-corrected chi connectivity index (χ4v) is 4.67. The van der Waals surface area contributed by atoms with Gasteiger partial charge in [-0.2, -0.15) is 0 Å². The minimum Gasteiger partial charge on any atom is -0.255 e. The Morgan fingerprint density at radius 1 is 0.633 bits per heavy atom. The van der Waals surface area contributed by atoms with Crippen LogP contribution in [0.2, 0.25) is 0 Å². The van der Waals surface area contributed by atoms with Gasteiger partial charge in [-0.3, -0.25) is 9.97 Å². The summed E-state index contributed by atoms with van der Waals surface area (Å²) < 4.78 is 0. The highest BCUT2D eigenvalue weighted by atomic mass is 14.8. The van der Waals surface area contributed by atoms with Gasteiger partial charge in [0.2, 0.25) is 0 Å². The van der Waals surface area contributed by atoms with Gasteiger partial charge in [-0.25, -0.2) is 0 Å². The molecule has 2 nitrogen and oxygen atoms in total. The Kier molecular flexibility index (Phi) is 11.7. The molecule has 0 saturated heterocycles. The van der Waals surface area contributed by atoms with Crippen molar-refractivity contribution in [2.75, 3.05) is 0 Å². The third kappa shape index (κ3) is 7.22. The molecule has 0 N–H and O–H groups in total. The average molecular weight is 409 g/mol. The Morgan fingerprint density at radius 2 is 1.20 bits per heavy atom. The number of hydrogen-bond donors (Lipinski definition) is 0. The molecule has 30 heavy (non-hydrogen) atoms. The zero-order valence-electron chi connectivity index (χ0n) is 20.0. The zero-order valence-corrected chi connectivity index (χ0v) is 20.0. The van der Waals surface area contributed by atoms with Gasteiger partial charge in [-0.05, 0) is 66.8 Å². The monoisotopic (exact) mass is 408 g/mol. The first-order valence-electron chi connectivity index (χ1n) is 12.7. The number of unbranched alkanes of at least 4 members (excludes halogenated alkanes) is 4. The molecule has 2 heteroatoms. The van der Waals surface area contributed by atoms with E-state index in [-0.39, 0.29) is 0 Å². The van der Waals surface area contributed by atoms with Gasteiger partial charge in [0.1, 0.15) is 0 Å². The molecule has 0 bridgehead atoms. The van der Waals surface area contributed by atoms with Crippen molar-refractivity contribution in [2.24, 2.45) is 0 Å². The van der Waals surface area contributed by atoms with Crippen LogP contribution in [0.25, 0.3) is 11.4 Å². The van der Waals surface area contributed by atoms with Gasteiger partial charge in [0.15, 0.2) is 0 Å². The summed E-state index contributed by atoms with van der Waals surface area (Å²) in [4.78, 5) is 9.64. The fourth-order valence-electron chi connectivity index (χ4n) is 4.67. The molecule has 2 heterocycles. The van der Waals surface area contributed by atoms with Crippen LogP contribution < -0.4 is 0 Å². The fraction of sp³-hybridized carbons (Fsp3) is 0.643.